The van der Waals surface area contributed by atoms with Crippen molar-refractivity contribution in [1.82, 2.24) is 20.4 Å². The van der Waals surface area contributed by atoms with E-state index in [9.17, 15) is 8.78 Å². The number of rotatable bonds is 7. The number of nitrogens with zero attached hydrogens (tertiary/aromatic N) is 3. The van der Waals surface area contributed by atoms with E-state index in [0.29, 0.717) is 24.6 Å². The third-order valence-corrected chi connectivity index (χ3v) is 4.18. The van der Waals surface area contributed by atoms with Crippen molar-refractivity contribution >= 4 is 5.96 Å². The van der Waals surface area contributed by atoms with Crippen molar-refractivity contribution in [2.75, 3.05) is 13.6 Å². The molecule has 1 aromatic carbocycles. The lowest BCUT2D eigenvalue weighted by atomic mass is 10.1. The van der Waals surface area contributed by atoms with Gasteiger partial charge in [-0.25, -0.2) is 0 Å². The zero-order valence-electron chi connectivity index (χ0n) is 15.5. The number of halogens is 2. The maximum Gasteiger partial charge on any atom is 0.387 e. The Hall–Kier alpha value is -2.64. The molecule has 2 rings (SSSR count). The maximum absolute atomic E-state index is 12.5. The fourth-order valence-electron chi connectivity index (χ4n) is 2.75. The number of alkyl halides is 2. The summed E-state index contributed by atoms with van der Waals surface area (Å²) >= 11 is 0. The van der Waals surface area contributed by atoms with Gasteiger partial charge in [0.05, 0.1) is 5.69 Å². The first-order valence-electron chi connectivity index (χ1n) is 8.38. The molecule has 0 spiro atoms. The Morgan fingerprint density at radius 1 is 1.27 bits per heavy atom. The molecule has 142 valence electrons. The molecule has 8 heteroatoms. The molecule has 0 saturated heterocycles. The van der Waals surface area contributed by atoms with Crippen LogP contribution in [0.15, 0.2) is 29.3 Å². The number of aryl methyl sites for hydroxylation is 2. The van der Waals surface area contributed by atoms with Crippen molar-refractivity contribution in [3.05, 3.63) is 46.8 Å². The normalized spacial score (nSPS) is 11.7. The summed E-state index contributed by atoms with van der Waals surface area (Å²) in [4.78, 5) is 4.16. The molecular weight excluding hydrogens is 340 g/mol. The highest BCUT2D eigenvalue weighted by Crippen LogP contribution is 2.19. The lowest BCUT2D eigenvalue weighted by Gasteiger charge is -2.14. The molecule has 6 nitrogen and oxygen atoms in total. The van der Waals surface area contributed by atoms with Crippen LogP contribution in [0.2, 0.25) is 0 Å². The van der Waals surface area contributed by atoms with Crippen LogP contribution >= 0.6 is 0 Å². The van der Waals surface area contributed by atoms with Gasteiger partial charge in [0.15, 0.2) is 5.96 Å². The van der Waals surface area contributed by atoms with Crippen LogP contribution in [0.1, 0.15) is 22.5 Å². The van der Waals surface area contributed by atoms with Gasteiger partial charge in [0, 0.05) is 38.4 Å². The molecule has 0 atom stereocenters. The SMILES string of the molecule is CN=C(NCCc1c(C)nn(C)c1C)NCc1ccccc1OC(F)F. The fourth-order valence-corrected chi connectivity index (χ4v) is 2.75. The number of para-hydroxylation sites is 1. The van der Waals surface area contributed by atoms with Gasteiger partial charge in [0.1, 0.15) is 5.75 Å². The largest absolute Gasteiger partial charge is 0.434 e. The Balaban J connectivity index is 1.89. The van der Waals surface area contributed by atoms with E-state index in [1.54, 1.807) is 25.2 Å². The monoisotopic (exact) mass is 365 g/mol. The van der Waals surface area contributed by atoms with Crippen LogP contribution in [-0.2, 0) is 20.0 Å². The molecule has 1 aromatic heterocycles. The number of nitrogens with one attached hydrogen (secondary N) is 2. The van der Waals surface area contributed by atoms with E-state index in [4.69, 9.17) is 0 Å². The molecule has 0 aliphatic rings. The first-order valence-corrected chi connectivity index (χ1v) is 8.38. The van der Waals surface area contributed by atoms with Gasteiger partial charge in [0.25, 0.3) is 0 Å². The predicted octanol–water partition coefficient (Wildman–Crippen LogP) is 2.55. The van der Waals surface area contributed by atoms with E-state index in [-0.39, 0.29) is 5.75 Å². The molecule has 26 heavy (non-hydrogen) atoms. The summed E-state index contributed by atoms with van der Waals surface area (Å²) in [6.45, 7) is 2.20. The molecule has 0 unspecified atom stereocenters. The van der Waals surface area contributed by atoms with Crippen LogP contribution in [0.3, 0.4) is 0 Å². The van der Waals surface area contributed by atoms with Crippen molar-refractivity contribution < 1.29 is 13.5 Å². The smallest absolute Gasteiger partial charge is 0.387 e. The zero-order chi connectivity index (χ0) is 19.1. The average molecular weight is 365 g/mol. The van der Waals surface area contributed by atoms with Crippen LogP contribution in [0.25, 0.3) is 0 Å². The minimum Gasteiger partial charge on any atom is -0.434 e. The summed E-state index contributed by atoms with van der Waals surface area (Å²) < 4.78 is 31.4. The lowest BCUT2D eigenvalue weighted by Crippen LogP contribution is -2.38. The molecule has 0 bridgehead atoms. The molecule has 0 amide bonds. The number of aromatic nitrogens is 2. The Morgan fingerprint density at radius 2 is 2.00 bits per heavy atom. The van der Waals surface area contributed by atoms with Gasteiger partial charge >= 0.3 is 6.61 Å². The summed E-state index contributed by atoms with van der Waals surface area (Å²) in [5, 5.41) is 10.7. The van der Waals surface area contributed by atoms with Gasteiger partial charge < -0.3 is 15.4 Å². The highest BCUT2D eigenvalue weighted by Gasteiger charge is 2.11. The molecule has 2 N–H and O–H groups in total. The summed E-state index contributed by atoms with van der Waals surface area (Å²) in [6.07, 6.45) is 0.817. The summed E-state index contributed by atoms with van der Waals surface area (Å²) in [5.41, 5.74) is 4.01. The van der Waals surface area contributed by atoms with Gasteiger partial charge in [-0.15, -0.1) is 0 Å². The molecule has 1 heterocycles. The quantitative estimate of drug-likeness (QED) is 0.585. The topological polar surface area (TPSA) is 63.5 Å². The van der Waals surface area contributed by atoms with E-state index in [2.05, 4.69) is 25.5 Å². The maximum atomic E-state index is 12.5. The Bertz CT molecular complexity index is 758. The van der Waals surface area contributed by atoms with E-state index in [1.807, 2.05) is 25.6 Å². The third-order valence-electron chi connectivity index (χ3n) is 4.18. The first kappa shape index (κ1) is 19.7. The molecule has 0 saturated carbocycles. The standard InChI is InChI=1S/C18H25F2N5O/c1-12-15(13(2)25(4)24-12)9-10-22-18(21-3)23-11-14-7-5-6-8-16(14)26-17(19)20/h5-8,17H,9-11H2,1-4H3,(H2,21,22,23). The van der Waals surface area contributed by atoms with Crippen molar-refractivity contribution in [3.8, 4) is 5.75 Å². The summed E-state index contributed by atoms with van der Waals surface area (Å²) in [6, 6.07) is 6.69. The number of hydrogen-bond donors (Lipinski definition) is 2. The molecule has 0 fully saturated rings. The average Bonchev–Trinajstić information content (AvgIpc) is 2.84. The van der Waals surface area contributed by atoms with Crippen LogP contribution < -0.4 is 15.4 Å². The predicted molar refractivity (Wildman–Crippen MR) is 97.7 cm³/mol. The van der Waals surface area contributed by atoms with Gasteiger partial charge in [-0.1, -0.05) is 18.2 Å². The fraction of sp³-hybridized carbons (Fsp3) is 0.444. The Labute approximate surface area is 152 Å². The second kappa shape index (κ2) is 9.17. The van der Waals surface area contributed by atoms with Crippen LogP contribution in [0.5, 0.6) is 5.75 Å². The van der Waals surface area contributed by atoms with Gasteiger partial charge in [-0.05, 0) is 31.9 Å². The second-order valence-corrected chi connectivity index (χ2v) is 5.86. The van der Waals surface area contributed by atoms with Crippen LogP contribution in [0.4, 0.5) is 8.78 Å². The van der Waals surface area contributed by atoms with Crippen molar-refractivity contribution in [2.24, 2.45) is 12.0 Å². The van der Waals surface area contributed by atoms with Gasteiger partial charge in [-0.3, -0.25) is 9.67 Å². The number of benzene rings is 1. The van der Waals surface area contributed by atoms with Crippen LogP contribution in [0, 0.1) is 13.8 Å². The highest BCUT2D eigenvalue weighted by molar-refractivity contribution is 5.79. The molecular formula is C18H25F2N5O. The number of hydrogen-bond acceptors (Lipinski definition) is 3. The van der Waals surface area contributed by atoms with Crippen molar-refractivity contribution in [3.63, 3.8) is 0 Å². The first-order chi connectivity index (χ1) is 12.4. The highest BCUT2D eigenvalue weighted by atomic mass is 19.3. The zero-order valence-corrected chi connectivity index (χ0v) is 15.5. The Kier molecular flexibility index (Phi) is 6.94. The summed E-state index contributed by atoms with van der Waals surface area (Å²) in [5.74, 6) is 0.753. The number of guanidine groups is 1. The van der Waals surface area contributed by atoms with Crippen LogP contribution in [-0.4, -0.2) is 35.9 Å². The molecule has 0 aliphatic carbocycles. The molecule has 0 aliphatic heterocycles. The Morgan fingerprint density at radius 3 is 2.62 bits per heavy atom. The van der Waals surface area contributed by atoms with Gasteiger partial charge in [0.2, 0.25) is 0 Å². The third kappa shape index (κ3) is 5.18. The molecule has 0 radical (unpaired) electrons. The van der Waals surface area contributed by atoms with Gasteiger partial charge in [-0.2, -0.15) is 13.9 Å². The van der Waals surface area contributed by atoms with E-state index in [0.717, 1.165) is 17.8 Å². The van der Waals surface area contributed by atoms with Crippen molar-refractivity contribution in [1.29, 1.82) is 0 Å². The lowest BCUT2D eigenvalue weighted by molar-refractivity contribution is -0.0504. The molecule has 2 aromatic rings. The van der Waals surface area contributed by atoms with E-state index < -0.39 is 6.61 Å². The van der Waals surface area contributed by atoms with E-state index >= 15 is 0 Å². The van der Waals surface area contributed by atoms with Crippen molar-refractivity contribution in [2.45, 2.75) is 33.4 Å². The second-order valence-electron chi connectivity index (χ2n) is 5.86. The minimum atomic E-state index is -2.85. The van der Waals surface area contributed by atoms with E-state index in [1.165, 1.54) is 11.6 Å². The number of aliphatic imine (C=N–C) groups is 1. The summed E-state index contributed by atoms with van der Waals surface area (Å²) in [7, 11) is 3.59. The number of ether oxygens (including phenoxy) is 1. The minimum absolute atomic E-state index is 0.159.